The maximum Gasteiger partial charge on any atom is 0.350 e. The minimum Gasteiger partial charge on any atom is -0.353 e. The van der Waals surface area contributed by atoms with E-state index in [4.69, 9.17) is 0 Å². The van der Waals surface area contributed by atoms with E-state index in [0.717, 1.165) is 9.38 Å². The van der Waals surface area contributed by atoms with Crippen molar-refractivity contribution in [2.75, 3.05) is 13.1 Å². The maximum absolute atomic E-state index is 12.4. The number of carbonyl (C=O) groups is 3. The Morgan fingerprint density at radius 1 is 1.45 bits per heavy atom. The van der Waals surface area contributed by atoms with Gasteiger partial charge in [0.25, 0.3) is 0 Å². The van der Waals surface area contributed by atoms with Gasteiger partial charge in [0, 0.05) is 24.0 Å². The van der Waals surface area contributed by atoms with Crippen molar-refractivity contribution in [1.82, 2.24) is 10.2 Å². The molecule has 0 aromatic rings. The third kappa shape index (κ3) is 3.79. The molecule has 1 N–H and O–H groups in total. The predicted molar refractivity (Wildman–Crippen MR) is 86.6 cm³/mol. The quantitative estimate of drug-likeness (QED) is 0.730. The summed E-state index contributed by atoms with van der Waals surface area (Å²) in [6.45, 7) is 4.10. The van der Waals surface area contributed by atoms with Gasteiger partial charge in [0.1, 0.15) is 5.92 Å². The first kappa shape index (κ1) is 16.4. The highest BCUT2D eigenvalue weighted by Gasteiger charge is 2.36. The zero-order valence-electron chi connectivity index (χ0n) is 11.9. The molecule has 1 heterocycles. The zero-order valence-corrected chi connectivity index (χ0v) is 13.5. The van der Waals surface area contributed by atoms with Crippen LogP contribution in [0.1, 0.15) is 12.8 Å². The summed E-state index contributed by atoms with van der Waals surface area (Å²) in [5.41, 5.74) is 0.457. The van der Waals surface area contributed by atoms with E-state index < -0.39 is 11.9 Å². The molecule has 0 bridgehead atoms. The number of hydrogen-bond acceptors (Lipinski definition) is 3. The van der Waals surface area contributed by atoms with Crippen LogP contribution in [-0.2, 0) is 9.59 Å². The van der Waals surface area contributed by atoms with Crippen LogP contribution in [0, 0.1) is 5.92 Å². The van der Waals surface area contributed by atoms with E-state index in [9.17, 15) is 14.4 Å². The number of allylic oxidation sites excluding steroid dienone is 3. The highest BCUT2D eigenvalue weighted by molar-refractivity contribution is 9.11. The van der Waals surface area contributed by atoms with Gasteiger partial charge in [-0.05, 0) is 18.6 Å². The first-order valence-electron chi connectivity index (χ1n) is 6.90. The van der Waals surface area contributed by atoms with Crippen LogP contribution in [0.5, 0.6) is 0 Å². The van der Waals surface area contributed by atoms with Crippen molar-refractivity contribution in [3.05, 3.63) is 35.4 Å². The molecule has 2 rings (SSSR count). The van der Waals surface area contributed by atoms with Crippen molar-refractivity contribution in [3.8, 4) is 0 Å². The minimum absolute atomic E-state index is 0.135. The molecule has 0 saturated heterocycles. The van der Waals surface area contributed by atoms with E-state index in [2.05, 4.69) is 32.8 Å². The van der Waals surface area contributed by atoms with E-state index in [0.29, 0.717) is 18.7 Å². The first-order valence-corrected chi connectivity index (χ1v) is 7.69. The molecule has 1 aliphatic heterocycles. The summed E-state index contributed by atoms with van der Waals surface area (Å²) in [6.07, 6.45) is 7.36. The maximum atomic E-state index is 12.4. The molecule has 116 valence electrons. The summed E-state index contributed by atoms with van der Waals surface area (Å²) < 4.78 is 0.780. The molecule has 0 saturated carbocycles. The molecule has 0 radical (unpaired) electrons. The third-order valence-electron chi connectivity index (χ3n) is 3.27. The van der Waals surface area contributed by atoms with Crippen LogP contribution in [0.15, 0.2) is 40.4 Å². The number of nitrogens with zero attached hydrogens (tertiary/aromatic N) is 2. The van der Waals surface area contributed by atoms with Gasteiger partial charge in [0.05, 0.1) is 5.71 Å². The smallest absolute Gasteiger partial charge is 0.350 e. The van der Waals surface area contributed by atoms with E-state index in [1.165, 1.54) is 0 Å². The second kappa shape index (κ2) is 7.31. The Bertz CT molecular complexity index is 607. The lowest BCUT2D eigenvalue weighted by Gasteiger charge is -2.28. The number of nitrogens with one attached hydrogen (secondary N) is 1. The minimum atomic E-state index is -0.571. The molecule has 22 heavy (non-hydrogen) atoms. The number of urea groups is 1. The summed E-state index contributed by atoms with van der Waals surface area (Å²) in [7, 11) is 0. The summed E-state index contributed by atoms with van der Waals surface area (Å²) in [5.74, 6) is -0.973. The van der Waals surface area contributed by atoms with E-state index in [1.807, 2.05) is 0 Å². The molecule has 1 atom stereocenters. The fourth-order valence-electron chi connectivity index (χ4n) is 2.18. The number of halogens is 1. The standard InChI is InChI=1S/C15H16BrN3O3/c1-2-7-17-13(20)4-3-8-19-14(21)11-9-10(16)5-6-12(11)18-15(19)22/h2,5-6,9,11H,1,3-4,7-8H2,(H,17,20). The Kier molecular flexibility index (Phi) is 5.43. The highest BCUT2D eigenvalue weighted by atomic mass is 79.9. The average molecular weight is 366 g/mol. The second-order valence-corrected chi connectivity index (χ2v) is 5.78. The van der Waals surface area contributed by atoms with Crippen LogP contribution < -0.4 is 5.32 Å². The summed E-state index contributed by atoms with van der Waals surface area (Å²) in [6, 6.07) is -0.571. The molecular formula is C15H16BrN3O3. The Balaban J connectivity index is 1.95. The van der Waals surface area contributed by atoms with Gasteiger partial charge in [-0.15, -0.1) is 6.58 Å². The summed E-state index contributed by atoms with van der Waals surface area (Å²) in [5, 5.41) is 2.65. The lowest BCUT2D eigenvalue weighted by atomic mass is 9.95. The van der Waals surface area contributed by atoms with E-state index in [-0.39, 0.29) is 24.8 Å². The Hall–Kier alpha value is -2.02. The highest BCUT2D eigenvalue weighted by Crippen LogP contribution is 2.24. The van der Waals surface area contributed by atoms with Crippen molar-refractivity contribution in [2.24, 2.45) is 10.9 Å². The Labute approximate surface area is 136 Å². The molecule has 4 amide bonds. The molecule has 2 aliphatic rings. The van der Waals surface area contributed by atoms with Gasteiger partial charge >= 0.3 is 6.03 Å². The molecular weight excluding hydrogens is 350 g/mol. The zero-order chi connectivity index (χ0) is 16.1. The Morgan fingerprint density at radius 2 is 2.23 bits per heavy atom. The van der Waals surface area contributed by atoms with Crippen LogP contribution in [0.4, 0.5) is 4.79 Å². The number of carbonyl (C=O) groups excluding carboxylic acids is 3. The molecule has 0 aromatic heterocycles. The van der Waals surface area contributed by atoms with Gasteiger partial charge in [-0.2, -0.15) is 4.99 Å². The fourth-order valence-corrected chi connectivity index (χ4v) is 2.58. The lowest BCUT2D eigenvalue weighted by molar-refractivity contribution is -0.130. The molecule has 0 fully saturated rings. The SMILES string of the molecule is C=CCNC(=O)CCCN1C(=O)N=C2C=CC(Br)=CC2C1=O. The fraction of sp³-hybridized carbons (Fsp3) is 0.333. The van der Waals surface area contributed by atoms with Crippen molar-refractivity contribution in [1.29, 1.82) is 0 Å². The molecule has 7 heteroatoms. The molecule has 0 aromatic carbocycles. The number of amides is 4. The van der Waals surface area contributed by atoms with Crippen LogP contribution in [0.25, 0.3) is 0 Å². The van der Waals surface area contributed by atoms with Crippen molar-refractivity contribution in [2.45, 2.75) is 12.8 Å². The van der Waals surface area contributed by atoms with Crippen LogP contribution in [0.3, 0.4) is 0 Å². The van der Waals surface area contributed by atoms with Gasteiger partial charge in [0.2, 0.25) is 11.8 Å². The van der Waals surface area contributed by atoms with Gasteiger partial charge in [-0.25, -0.2) is 4.79 Å². The third-order valence-corrected chi connectivity index (χ3v) is 3.80. The van der Waals surface area contributed by atoms with E-state index >= 15 is 0 Å². The van der Waals surface area contributed by atoms with Crippen LogP contribution in [-0.4, -0.2) is 41.5 Å². The largest absolute Gasteiger partial charge is 0.353 e. The van der Waals surface area contributed by atoms with Crippen molar-refractivity contribution in [3.63, 3.8) is 0 Å². The number of hydrogen-bond donors (Lipinski definition) is 1. The number of imide groups is 1. The predicted octanol–water partition coefficient (Wildman–Crippen LogP) is 1.94. The normalized spacial score (nSPS) is 20.2. The number of aliphatic imine (C=N–C) groups is 1. The van der Waals surface area contributed by atoms with E-state index in [1.54, 1.807) is 24.3 Å². The number of rotatable bonds is 6. The van der Waals surface area contributed by atoms with Gasteiger partial charge in [-0.3, -0.25) is 14.5 Å². The van der Waals surface area contributed by atoms with Crippen molar-refractivity contribution < 1.29 is 14.4 Å². The summed E-state index contributed by atoms with van der Waals surface area (Å²) in [4.78, 5) is 40.8. The first-order chi connectivity index (χ1) is 10.5. The average Bonchev–Trinajstić information content (AvgIpc) is 2.49. The van der Waals surface area contributed by atoms with Crippen LogP contribution in [0.2, 0.25) is 0 Å². The van der Waals surface area contributed by atoms with Crippen molar-refractivity contribution >= 4 is 39.5 Å². The number of fused-ring (bicyclic) bond motifs is 1. The lowest BCUT2D eigenvalue weighted by Crippen LogP contribution is -2.46. The molecule has 1 unspecified atom stereocenters. The van der Waals surface area contributed by atoms with Crippen LogP contribution >= 0.6 is 15.9 Å². The molecule has 1 aliphatic carbocycles. The molecule has 6 nitrogen and oxygen atoms in total. The topological polar surface area (TPSA) is 78.8 Å². The monoisotopic (exact) mass is 365 g/mol. The van der Waals surface area contributed by atoms with Gasteiger partial charge in [-0.1, -0.05) is 28.1 Å². The Morgan fingerprint density at radius 3 is 2.95 bits per heavy atom. The van der Waals surface area contributed by atoms with Gasteiger partial charge < -0.3 is 5.32 Å². The van der Waals surface area contributed by atoms with Gasteiger partial charge in [0.15, 0.2) is 0 Å². The second-order valence-electron chi connectivity index (χ2n) is 4.87. The molecule has 0 spiro atoms. The summed E-state index contributed by atoms with van der Waals surface area (Å²) >= 11 is 3.31.